The van der Waals surface area contributed by atoms with E-state index in [9.17, 15) is 8.99 Å². The lowest BCUT2D eigenvalue weighted by Crippen LogP contribution is -1.83. The Bertz CT molecular complexity index is 759. The number of hydrogen-bond donors (Lipinski definition) is 1. The summed E-state index contributed by atoms with van der Waals surface area (Å²) in [7, 11) is 0. The summed E-state index contributed by atoms with van der Waals surface area (Å²) in [6.45, 7) is 0. The molecular weight excluding hydrogens is 287 g/mol. The van der Waals surface area contributed by atoms with Gasteiger partial charge in [0.15, 0.2) is 18.0 Å². The number of aromatic nitrogens is 2. The van der Waals surface area contributed by atoms with Crippen molar-refractivity contribution in [3.05, 3.63) is 47.7 Å². The Labute approximate surface area is 118 Å². The van der Waals surface area contributed by atoms with Crippen molar-refractivity contribution < 1.29 is 8.99 Å². The van der Waals surface area contributed by atoms with E-state index in [1.165, 1.54) is 3.97 Å². The van der Waals surface area contributed by atoms with Crippen LogP contribution in [0.4, 0.5) is 3.89 Å². The Morgan fingerprint density at radius 3 is 2.84 bits per heavy atom. The first-order valence-electron chi connectivity index (χ1n) is 5.45. The smallest absolute Gasteiger partial charge is 0.171 e. The van der Waals surface area contributed by atoms with Gasteiger partial charge >= 0.3 is 0 Å². The van der Waals surface area contributed by atoms with E-state index in [0.29, 0.717) is 10.8 Å². The minimum absolute atomic E-state index is 0.0597. The molecule has 0 aliphatic heterocycles. The van der Waals surface area contributed by atoms with E-state index >= 15 is 0 Å². The largest absolute Gasteiger partial charge is 0.508 e. The number of halogens is 2. The Hall–Kier alpha value is -1.72. The topological polar surface area (TPSA) is 38.0 Å². The first kappa shape index (κ1) is 12.3. The van der Waals surface area contributed by atoms with Crippen LogP contribution in [0.1, 0.15) is 0 Å². The number of pyridine rings is 1. The fourth-order valence-electron chi connectivity index (χ4n) is 2.01. The molecule has 0 spiro atoms. The highest BCUT2D eigenvalue weighted by atomic mass is 35.5. The lowest BCUT2D eigenvalue weighted by molar-refractivity contribution is 0.475. The summed E-state index contributed by atoms with van der Waals surface area (Å²) in [5.41, 5.74) is 2.04. The molecule has 3 nitrogen and oxygen atoms in total. The van der Waals surface area contributed by atoms with Crippen molar-refractivity contribution in [1.82, 2.24) is 8.96 Å². The van der Waals surface area contributed by atoms with E-state index in [0.717, 1.165) is 16.5 Å². The third-order valence-electron chi connectivity index (χ3n) is 2.82. The highest BCUT2D eigenvalue weighted by Crippen LogP contribution is 2.34. The second-order valence-corrected chi connectivity index (χ2v) is 4.91. The highest BCUT2D eigenvalue weighted by molar-refractivity contribution is 7.92. The van der Waals surface area contributed by atoms with Gasteiger partial charge in [0.2, 0.25) is 0 Å². The number of rotatable bonds is 2. The van der Waals surface area contributed by atoms with Gasteiger partial charge in [0.05, 0.1) is 0 Å². The van der Waals surface area contributed by atoms with Gasteiger partial charge in [-0.2, -0.15) is 0 Å². The van der Waals surface area contributed by atoms with Gasteiger partial charge in [-0.15, -0.1) is 3.89 Å². The molecule has 0 bridgehead atoms. The first-order valence-corrected chi connectivity index (χ1v) is 6.50. The molecule has 0 aliphatic carbocycles. The van der Waals surface area contributed by atoms with Crippen LogP contribution in [0.25, 0.3) is 22.2 Å². The summed E-state index contributed by atoms with van der Waals surface area (Å²) in [6.07, 6.45) is 1.63. The van der Waals surface area contributed by atoms with Crippen molar-refractivity contribution in [3.63, 3.8) is 0 Å². The van der Waals surface area contributed by atoms with Gasteiger partial charge in [0, 0.05) is 17.1 Å². The summed E-state index contributed by atoms with van der Waals surface area (Å²) < 4.78 is 14.2. The average molecular weight is 295 g/mol. The molecule has 0 amide bonds. The molecule has 0 atom stereocenters. The van der Waals surface area contributed by atoms with Gasteiger partial charge in [-0.1, -0.05) is 23.7 Å². The average Bonchev–Trinajstić information content (AvgIpc) is 2.76. The third-order valence-corrected chi connectivity index (χ3v) is 3.46. The van der Waals surface area contributed by atoms with Gasteiger partial charge in [-0.25, -0.2) is 8.96 Å². The molecule has 0 radical (unpaired) electrons. The van der Waals surface area contributed by atoms with Gasteiger partial charge in [0.1, 0.15) is 10.9 Å². The first-order chi connectivity index (χ1) is 9.19. The van der Waals surface area contributed by atoms with Crippen molar-refractivity contribution in [2.45, 2.75) is 0 Å². The predicted molar refractivity (Wildman–Crippen MR) is 75.9 cm³/mol. The molecule has 3 rings (SSSR count). The zero-order chi connectivity index (χ0) is 13.4. The lowest BCUT2D eigenvalue weighted by atomic mass is 10.1. The summed E-state index contributed by atoms with van der Waals surface area (Å²) in [5.74, 6) is 0.160. The molecular formula is C13H8ClFN2OS. The molecule has 2 heterocycles. The maximum atomic E-state index is 12.9. The number of aromatic hydroxyl groups is 1. The van der Waals surface area contributed by atoms with Gasteiger partial charge in [0.25, 0.3) is 0 Å². The molecule has 0 saturated heterocycles. The molecule has 1 aromatic carbocycles. The normalized spacial score (nSPS) is 11.1. The molecule has 6 heteroatoms. The lowest BCUT2D eigenvalue weighted by Gasteiger charge is -2.00. The number of phenols is 1. The molecule has 1 N–H and O–H groups in total. The number of nitrogens with zero attached hydrogens (tertiary/aromatic N) is 2. The van der Waals surface area contributed by atoms with Crippen LogP contribution >= 0.6 is 23.9 Å². The zero-order valence-electron chi connectivity index (χ0n) is 9.55. The summed E-state index contributed by atoms with van der Waals surface area (Å²) >= 11 is 5.89. The third kappa shape index (κ3) is 2.15. The number of hydrogen-bond acceptors (Lipinski definition) is 3. The molecule has 96 valence electrons. The van der Waals surface area contributed by atoms with Crippen LogP contribution in [0.2, 0.25) is 5.15 Å². The summed E-state index contributed by atoms with van der Waals surface area (Å²) in [5, 5.41) is 10.6. The van der Waals surface area contributed by atoms with Crippen LogP contribution in [0.3, 0.4) is 0 Å². The van der Waals surface area contributed by atoms with E-state index in [2.05, 4.69) is 4.98 Å². The summed E-state index contributed by atoms with van der Waals surface area (Å²) in [4.78, 5) is 4.12. The minimum atomic E-state index is 0.0597. The van der Waals surface area contributed by atoms with Crippen LogP contribution < -0.4 is 0 Å². The molecule has 0 unspecified atom stereocenters. The Kier molecular flexibility index (Phi) is 3.08. The van der Waals surface area contributed by atoms with Crippen LogP contribution in [0, 0.1) is 0 Å². The molecule has 0 saturated carbocycles. The molecule has 2 aromatic heterocycles. The Morgan fingerprint density at radius 2 is 2.11 bits per heavy atom. The molecule has 0 aliphatic rings. The number of fused-ring (bicyclic) bond motifs is 1. The van der Waals surface area contributed by atoms with Crippen LogP contribution in [0.5, 0.6) is 5.75 Å². The zero-order valence-corrected chi connectivity index (χ0v) is 11.1. The van der Waals surface area contributed by atoms with E-state index in [4.69, 9.17) is 11.6 Å². The Balaban J connectivity index is 2.30. The molecule has 0 fully saturated rings. The van der Waals surface area contributed by atoms with E-state index in [1.54, 1.807) is 36.5 Å². The van der Waals surface area contributed by atoms with E-state index in [1.807, 2.05) is 6.07 Å². The van der Waals surface area contributed by atoms with Crippen LogP contribution in [-0.2, 0) is 0 Å². The van der Waals surface area contributed by atoms with Gasteiger partial charge < -0.3 is 5.11 Å². The number of phenolic OH excluding ortho intramolecular Hbond substituents is 1. The quantitative estimate of drug-likeness (QED) is 0.710. The van der Waals surface area contributed by atoms with Crippen molar-refractivity contribution in [2.75, 3.05) is 0 Å². The van der Waals surface area contributed by atoms with Crippen molar-refractivity contribution in [3.8, 4) is 16.9 Å². The fraction of sp³-hybridized carbons (Fsp3) is 0. The predicted octanol–water partition coefficient (Wildman–Crippen LogP) is 4.44. The molecule has 3 aromatic rings. The maximum absolute atomic E-state index is 12.9. The minimum Gasteiger partial charge on any atom is -0.508 e. The second-order valence-electron chi connectivity index (χ2n) is 3.99. The highest BCUT2D eigenvalue weighted by Gasteiger charge is 2.13. The summed E-state index contributed by atoms with van der Waals surface area (Å²) in [6, 6.07) is 10.2. The van der Waals surface area contributed by atoms with E-state index < -0.39 is 0 Å². The van der Waals surface area contributed by atoms with Crippen LogP contribution in [-0.4, -0.2) is 14.1 Å². The molecule has 19 heavy (non-hydrogen) atoms. The second kappa shape index (κ2) is 4.75. The maximum Gasteiger partial charge on any atom is 0.171 e. The van der Waals surface area contributed by atoms with Crippen molar-refractivity contribution in [1.29, 1.82) is 0 Å². The fourth-order valence-corrected chi connectivity index (χ4v) is 2.50. The van der Waals surface area contributed by atoms with Crippen molar-refractivity contribution in [2.24, 2.45) is 0 Å². The van der Waals surface area contributed by atoms with Gasteiger partial charge in [-0.05, 0) is 29.8 Å². The monoisotopic (exact) mass is 294 g/mol. The number of benzene rings is 1. The standard InChI is InChI=1S/C13H8ClFN2OS/c14-12-5-4-10-11(7-17(19-15)13(10)16-12)8-2-1-3-9(18)6-8/h1-7,18H. The van der Waals surface area contributed by atoms with Gasteiger partial charge in [-0.3, -0.25) is 0 Å². The van der Waals surface area contributed by atoms with E-state index in [-0.39, 0.29) is 18.1 Å². The SMILES string of the molecule is Oc1cccc(-c2cn(SF)c3nc(Cl)ccc23)c1. The van der Waals surface area contributed by atoms with Crippen molar-refractivity contribution >= 4 is 35.0 Å². The Morgan fingerprint density at radius 1 is 1.26 bits per heavy atom. The van der Waals surface area contributed by atoms with Crippen LogP contribution in [0.15, 0.2) is 42.6 Å².